The van der Waals surface area contributed by atoms with Gasteiger partial charge in [0, 0.05) is 6.04 Å². The van der Waals surface area contributed by atoms with Gasteiger partial charge in [-0.15, -0.1) is 0 Å². The van der Waals surface area contributed by atoms with E-state index in [1.165, 1.54) is 32.1 Å². The summed E-state index contributed by atoms with van der Waals surface area (Å²) in [5.41, 5.74) is -0.841. The normalized spacial score (nSPS) is 36.3. The number of nitrogens with zero attached hydrogens (tertiary/aromatic N) is 2. The molecule has 1 heterocycles. The number of halogens is 1. The number of carboxylic acids is 1. The van der Waals surface area contributed by atoms with Crippen molar-refractivity contribution in [3.8, 4) is 0 Å². The van der Waals surface area contributed by atoms with E-state index >= 15 is 0 Å². The lowest BCUT2D eigenvalue weighted by Crippen LogP contribution is -2.61. The summed E-state index contributed by atoms with van der Waals surface area (Å²) in [4.78, 5) is 25.5. The van der Waals surface area contributed by atoms with Crippen molar-refractivity contribution in [3.63, 3.8) is 0 Å². The molecule has 30 heavy (non-hydrogen) atoms. The van der Waals surface area contributed by atoms with Gasteiger partial charge in [0.1, 0.15) is 5.02 Å². The molecule has 2 unspecified atom stereocenters. The number of hydrogen-bond acceptors (Lipinski definition) is 4. The van der Waals surface area contributed by atoms with Gasteiger partial charge in [-0.05, 0) is 63.2 Å². The first kappa shape index (κ1) is 20.3. The van der Waals surface area contributed by atoms with Gasteiger partial charge in [0.25, 0.3) is 5.56 Å². The maximum atomic E-state index is 13.3. The molecule has 1 aromatic rings. The average Bonchev–Trinajstić information content (AvgIpc) is 2.66. The van der Waals surface area contributed by atoms with Crippen molar-refractivity contribution in [3.05, 3.63) is 21.6 Å². The molecule has 5 saturated carbocycles. The van der Waals surface area contributed by atoms with Crippen LogP contribution in [0.3, 0.4) is 0 Å². The molecule has 6 rings (SSSR count). The zero-order chi connectivity index (χ0) is 20.9. The zero-order valence-electron chi connectivity index (χ0n) is 17.5. The average molecular weight is 434 g/mol. The lowest BCUT2D eigenvalue weighted by molar-refractivity contribution is -0.173. The maximum Gasteiger partial charge on any atom is 0.309 e. The summed E-state index contributed by atoms with van der Waals surface area (Å²) in [6.07, 6.45) is 14.9. The van der Waals surface area contributed by atoms with Crippen molar-refractivity contribution in [1.82, 2.24) is 9.78 Å². The predicted molar refractivity (Wildman–Crippen MR) is 116 cm³/mol. The van der Waals surface area contributed by atoms with Gasteiger partial charge < -0.3 is 10.4 Å². The van der Waals surface area contributed by atoms with Crippen LogP contribution < -0.4 is 10.9 Å². The number of aromatic nitrogens is 2. The summed E-state index contributed by atoms with van der Waals surface area (Å²) in [6, 6.07) is 0.328. The molecule has 5 fully saturated rings. The molecule has 2 N–H and O–H groups in total. The summed E-state index contributed by atoms with van der Waals surface area (Å²) >= 11 is 6.58. The molecule has 0 saturated heterocycles. The van der Waals surface area contributed by atoms with Crippen LogP contribution in [0.2, 0.25) is 5.02 Å². The zero-order valence-corrected chi connectivity index (χ0v) is 18.3. The number of anilines is 1. The summed E-state index contributed by atoms with van der Waals surface area (Å²) in [5, 5.41) is 18.3. The minimum atomic E-state index is -0.706. The Kier molecular flexibility index (Phi) is 5.11. The minimum absolute atomic E-state index is 0.201. The van der Waals surface area contributed by atoms with Gasteiger partial charge in [-0.1, -0.05) is 43.7 Å². The summed E-state index contributed by atoms with van der Waals surface area (Å²) < 4.78 is 1.56. The smallest absolute Gasteiger partial charge is 0.309 e. The molecule has 0 aliphatic heterocycles. The molecule has 164 valence electrons. The Hall–Kier alpha value is -1.56. The fraction of sp³-hybridized carbons (Fsp3) is 0.783. The third-order valence-electron chi connectivity index (χ3n) is 8.32. The van der Waals surface area contributed by atoms with Crippen LogP contribution in [0.1, 0.15) is 83.5 Å². The van der Waals surface area contributed by atoms with Crippen LogP contribution in [0.4, 0.5) is 5.69 Å². The fourth-order valence-electron chi connectivity index (χ4n) is 7.40. The van der Waals surface area contributed by atoms with E-state index < -0.39 is 16.9 Å². The predicted octanol–water partition coefficient (Wildman–Crippen LogP) is 4.80. The minimum Gasteiger partial charge on any atom is -0.481 e. The van der Waals surface area contributed by atoms with E-state index in [0.717, 1.165) is 44.9 Å². The SMILES string of the molecule is O=C(O)C12C[C@H]3C[C@@H](C1)CC(n1ncc(NC4CCCCCCC4)c(Cl)c1=O)(C3)C2. The van der Waals surface area contributed by atoms with Gasteiger partial charge in [-0.3, -0.25) is 9.59 Å². The Bertz CT molecular complexity index is 876. The van der Waals surface area contributed by atoms with Gasteiger partial charge in [0.2, 0.25) is 0 Å². The number of aliphatic carboxylic acids is 1. The molecule has 0 spiro atoms. The second-order valence-electron chi connectivity index (χ2n) is 10.5. The second-order valence-corrected chi connectivity index (χ2v) is 10.9. The summed E-state index contributed by atoms with van der Waals surface area (Å²) in [5.74, 6) is 0.0211. The number of carboxylic acid groups (broad SMARTS) is 1. The van der Waals surface area contributed by atoms with Crippen LogP contribution in [0.5, 0.6) is 0 Å². The Morgan fingerprint density at radius 2 is 1.73 bits per heavy atom. The molecule has 0 aromatic carbocycles. The van der Waals surface area contributed by atoms with Crippen molar-refractivity contribution in [1.29, 1.82) is 0 Å². The fourth-order valence-corrected chi connectivity index (χ4v) is 7.59. The van der Waals surface area contributed by atoms with E-state index in [9.17, 15) is 14.7 Å². The maximum absolute atomic E-state index is 13.3. The molecule has 1 aromatic heterocycles. The van der Waals surface area contributed by atoms with Gasteiger partial charge >= 0.3 is 5.97 Å². The Balaban J connectivity index is 1.44. The lowest BCUT2D eigenvalue weighted by atomic mass is 9.47. The molecule has 5 aliphatic carbocycles. The lowest BCUT2D eigenvalue weighted by Gasteiger charge is -2.60. The van der Waals surface area contributed by atoms with Gasteiger partial charge in [0.05, 0.1) is 22.8 Å². The van der Waals surface area contributed by atoms with Crippen molar-refractivity contribution in [2.24, 2.45) is 17.3 Å². The first-order valence-electron chi connectivity index (χ1n) is 11.7. The number of rotatable bonds is 4. The molecule has 0 amide bonds. The molecular weight excluding hydrogens is 402 g/mol. The third-order valence-corrected chi connectivity index (χ3v) is 8.68. The van der Waals surface area contributed by atoms with E-state index in [2.05, 4.69) is 10.4 Å². The molecular formula is C23H32ClN3O3. The van der Waals surface area contributed by atoms with Gasteiger partial charge in [0.15, 0.2) is 0 Å². The Morgan fingerprint density at radius 3 is 2.37 bits per heavy atom. The van der Waals surface area contributed by atoms with Crippen LogP contribution >= 0.6 is 11.6 Å². The second kappa shape index (κ2) is 7.54. The first-order chi connectivity index (χ1) is 14.4. The molecule has 7 heteroatoms. The monoisotopic (exact) mass is 433 g/mol. The molecule has 0 radical (unpaired) electrons. The summed E-state index contributed by atoms with van der Waals surface area (Å²) in [6.45, 7) is 0. The largest absolute Gasteiger partial charge is 0.481 e. The van der Waals surface area contributed by atoms with Gasteiger partial charge in [-0.25, -0.2) is 4.68 Å². The number of hydrogen-bond donors (Lipinski definition) is 2. The standard InChI is InChI=1S/C23H32ClN3O3/c24-19-18(26-17-6-4-2-1-3-5-7-17)13-25-27(20(19)28)23-11-15-8-16(12-23)10-22(9-15,14-23)21(29)30/h13,15-17,26H,1-12,14H2,(H,29,30)/t15-,16+,22?,23?. The van der Waals surface area contributed by atoms with Crippen molar-refractivity contribution in [2.75, 3.05) is 5.32 Å². The molecule has 4 bridgehead atoms. The third kappa shape index (κ3) is 3.35. The number of nitrogens with one attached hydrogen (secondary N) is 1. The van der Waals surface area contributed by atoms with Crippen molar-refractivity contribution < 1.29 is 9.90 Å². The van der Waals surface area contributed by atoms with Crippen LogP contribution in [-0.2, 0) is 10.3 Å². The molecule has 4 atom stereocenters. The highest BCUT2D eigenvalue weighted by Gasteiger charge is 2.62. The van der Waals surface area contributed by atoms with Crippen molar-refractivity contribution in [2.45, 2.75) is 95.1 Å². The van der Waals surface area contributed by atoms with E-state index in [4.69, 9.17) is 11.6 Å². The van der Waals surface area contributed by atoms with Crippen molar-refractivity contribution >= 4 is 23.3 Å². The van der Waals surface area contributed by atoms with E-state index in [1.807, 2.05) is 0 Å². The molecule has 6 nitrogen and oxygen atoms in total. The van der Waals surface area contributed by atoms with Crippen LogP contribution in [0, 0.1) is 17.3 Å². The topological polar surface area (TPSA) is 84.2 Å². The van der Waals surface area contributed by atoms with Gasteiger partial charge in [-0.2, -0.15) is 5.10 Å². The highest BCUT2D eigenvalue weighted by atomic mass is 35.5. The first-order valence-corrected chi connectivity index (χ1v) is 12.1. The van der Waals surface area contributed by atoms with E-state index in [0.29, 0.717) is 30.0 Å². The number of carbonyl (C=O) groups is 1. The Labute approximate surface area is 182 Å². The highest BCUT2D eigenvalue weighted by molar-refractivity contribution is 6.32. The van der Waals surface area contributed by atoms with Crippen LogP contribution in [0.25, 0.3) is 0 Å². The van der Waals surface area contributed by atoms with Crippen LogP contribution in [0.15, 0.2) is 11.0 Å². The van der Waals surface area contributed by atoms with Crippen LogP contribution in [-0.4, -0.2) is 26.9 Å². The Morgan fingerprint density at radius 1 is 1.10 bits per heavy atom. The van der Waals surface area contributed by atoms with E-state index in [1.54, 1.807) is 10.9 Å². The highest BCUT2D eigenvalue weighted by Crippen LogP contribution is 2.63. The summed E-state index contributed by atoms with van der Waals surface area (Å²) in [7, 11) is 0. The molecule has 5 aliphatic rings. The van der Waals surface area contributed by atoms with E-state index in [-0.39, 0.29) is 10.6 Å². The quantitative estimate of drug-likeness (QED) is 0.712.